The van der Waals surface area contributed by atoms with Crippen molar-refractivity contribution in [3.8, 4) is 0 Å². The molecule has 1 aliphatic heterocycles. The molecule has 1 aliphatic rings. The number of rotatable bonds is 3. The lowest BCUT2D eigenvalue weighted by atomic mass is 10.0. The minimum absolute atomic E-state index is 0.0982. The third kappa shape index (κ3) is 3.89. The van der Waals surface area contributed by atoms with Crippen LogP contribution >= 0.6 is 0 Å². The second kappa shape index (κ2) is 5.35. The van der Waals surface area contributed by atoms with Gasteiger partial charge in [-0.1, -0.05) is 6.92 Å². The molecule has 0 radical (unpaired) electrons. The highest BCUT2D eigenvalue weighted by molar-refractivity contribution is 5.77. The van der Waals surface area contributed by atoms with Gasteiger partial charge in [0.15, 0.2) is 6.10 Å². The quantitative estimate of drug-likeness (QED) is 0.764. The zero-order chi connectivity index (χ0) is 13.1. The number of hydrogen-bond acceptors (Lipinski definition) is 3. The average Bonchev–Trinajstić information content (AvgIpc) is 2.28. The van der Waals surface area contributed by atoms with E-state index in [1.54, 1.807) is 0 Å². The van der Waals surface area contributed by atoms with Gasteiger partial charge in [0.25, 0.3) is 0 Å². The van der Waals surface area contributed by atoms with Gasteiger partial charge < -0.3 is 20.1 Å². The topological polar surface area (TPSA) is 78.9 Å². The molecule has 1 heterocycles. The van der Waals surface area contributed by atoms with Crippen LogP contribution in [0.1, 0.15) is 27.2 Å². The highest BCUT2D eigenvalue weighted by Crippen LogP contribution is 2.10. The van der Waals surface area contributed by atoms with E-state index in [0.717, 1.165) is 6.42 Å². The Morgan fingerprint density at radius 3 is 2.71 bits per heavy atom. The number of amides is 2. The predicted molar refractivity (Wildman–Crippen MR) is 61.9 cm³/mol. The van der Waals surface area contributed by atoms with E-state index in [1.807, 2.05) is 20.8 Å². The monoisotopic (exact) mass is 244 g/mol. The lowest BCUT2D eigenvalue weighted by Crippen LogP contribution is -2.55. The number of nitrogens with zero attached hydrogens (tertiary/aromatic N) is 1. The fourth-order valence-corrected chi connectivity index (χ4v) is 1.44. The van der Waals surface area contributed by atoms with Gasteiger partial charge in [-0.15, -0.1) is 0 Å². The minimum atomic E-state index is -1.03. The fraction of sp³-hybridized carbons (Fsp3) is 0.818. The number of nitrogens with one attached hydrogen (secondary N) is 1. The second-order valence-corrected chi connectivity index (χ2v) is 4.81. The fourth-order valence-electron chi connectivity index (χ4n) is 1.44. The molecular formula is C11H20N2O4. The van der Waals surface area contributed by atoms with Crippen LogP contribution in [0, 0.1) is 0 Å². The number of aliphatic carboxylic acids is 1. The third-order valence-electron chi connectivity index (χ3n) is 2.96. The van der Waals surface area contributed by atoms with Crippen LogP contribution in [0.25, 0.3) is 0 Å². The molecule has 2 amide bonds. The molecular weight excluding hydrogens is 224 g/mol. The molecule has 0 aromatic carbocycles. The third-order valence-corrected chi connectivity index (χ3v) is 2.96. The van der Waals surface area contributed by atoms with Crippen molar-refractivity contribution in [1.29, 1.82) is 0 Å². The van der Waals surface area contributed by atoms with Gasteiger partial charge in [0, 0.05) is 12.1 Å². The van der Waals surface area contributed by atoms with E-state index >= 15 is 0 Å². The van der Waals surface area contributed by atoms with E-state index in [1.165, 1.54) is 4.90 Å². The summed E-state index contributed by atoms with van der Waals surface area (Å²) in [5.41, 5.74) is -0.284. The molecule has 0 saturated carbocycles. The Balaban J connectivity index is 2.55. The van der Waals surface area contributed by atoms with E-state index in [9.17, 15) is 9.59 Å². The van der Waals surface area contributed by atoms with Gasteiger partial charge in [0.1, 0.15) is 0 Å². The van der Waals surface area contributed by atoms with E-state index in [-0.39, 0.29) is 24.7 Å². The van der Waals surface area contributed by atoms with Crippen molar-refractivity contribution in [2.24, 2.45) is 0 Å². The van der Waals surface area contributed by atoms with Crippen molar-refractivity contribution in [1.82, 2.24) is 10.2 Å². The highest BCUT2D eigenvalue weighted by Gasteiger charge is 2.30. The Labute approximate surface area is 101 Å². The molecule has 1 fully saturated rings. The number of morpholine rings is 1. The first-order valence-electron chi connectivity index (χ1n) is 5.77. The van der Waals surface area contributed by atoms with E-state index < -0.39 is 12.1 Å². The van der Waals surface area contributed by atoms with E-state index in [4.69, 9.17) is 9.84 Å². The summed E-state index contributed by atoms with van der Waals surface area (Å²) in [4.78, 5) is 24.2. The summed E-state index contributed by atoms with van der Waals surface area (Å²) in [5, 5.41) is 11.7. The molecule has 6 nitrogen and oxygen atoms in total. The first kappa shape index (κ1) is 13.8. The SMILES string of the molecule is CCC(C)(C)NC(=O)N1CCOC(C(=O)O)C1. The van der Waals surface area contributed by atoms with Crippen molar-refractivity contribution < 1.29 is 19.4 Å². The second-order valence-electron chi connectivity index (χ2n) is 4.81. The molecule has 0 aromatic rings. The highest BCUT2D eigenvalue weighted by atomic mass is 16.5. The Hall–Kier alpha value is -1.30. The summed E-state index contributed by atoms with van der Waals surface area (Å²) >= 11 is 0. The molecule has 0 bridgehead atoms. The molecule has 1 saturated heterocycles. The summed E-state index contributed by atoms with van der Waals surface area (Å²) in [6, 6.07) is -0.230. The molecule has 1 rings (SSSR count). The number of ether oxygens (including phenoxy) is 1. The molecule has 17 heavy (non-hydrogen) atoms. The molecule has 6 heteroatoms. The smallest absolute Gasteiger partial charge is 0.334 e. The number of carbonyl (C=O) groups is 2. The summed E-state index contributed by atoms with van der Waals surface area (Å²) in [7, 11) is 0. The number of carbonyl (C=O) groups excluding carboxylic acids is 1. The molecule has 0 spiro atoms. The minimum Gasteiger partial charge on any atom is -0.479 e. The first-order chi connectivity index (χ1) is 7.85. The maximum absolute atomic E-state index is 11.9. The Bertz CT molecular complexity index is 304. The molecule has 0 aliphatic carbocycles. The molecule has 2 N–H and O–H groups in total. The zero-order valence-electron chi connectivity index (χ0n) is 10.5. The van der Waals surface area contributed by atoms with Crippen molar-refractivity contribution in [2.75, 3.05) is 19.7 Å². The lowest BCUT2D eigenvalue weighted by Gasteiger charge is -2.34. The van der Waals surface area contributed by atoms with Crippen molar-refractivity contribution in [3.05, 3.63) is 0 Å². The maximum atomic E-state index is 11.9. The summed E-state index contributed by atoms with van der Waals surface area (Å²) in [6.45, 7) is 6.63. The van der Waals surface area contributed by atoms with E-state index in [0.29, 0.717) is 6.54 Å². The van der Waals surface area contributed by atoms with Gasteiger partial charge in [0.05, 0.1) is 13.2 Å². The van der Waals surface area contributed by atoms with Crippen LogP contribution in [0.2, 0.25) is 0 Å². The molecule has 1 unspecified atom stereocenters. The van der Waals surface area contributed by atoms with Crippen LogP contribution in [-0.2, 0) is 9.53 Å². The number of carboxylic acids is 1. The molecule has 98 valence electrons. The van der Waals surface area contributed by atoms with Crippen molar-refractivity contribution in [2.45, 2.75) is 38.8 Å². The van der Waals surface area contributed by atoms with Crippen LogP contribution in [0.3, 0.4) is 0 Å². The average molecular weight is 244 g/mol. The van der Waals surface area contributed by atoms with Crippen LogP contribution in [-0.4, -0.2) is 53.3 Å². The van der Waals surface area contributed by atoms with Gasteiger partial charge in [-0.05, 0) is 20.3 Å². The number of urea groups is 1. The maximum Gasteiger partial charge on any atom is 0.334 e. The normalized spacial score (nSPS) is 21.1. The Morgan fingerprint density at radius 2 is 2.18 bits per heavy atom. The first-order valence-corrected chi connectivity index (χ1v) is 5.77. The predicted octanol–water partition coefficient (Wildman–Crippen LogP) is 0.670. The van der Waals surface area contributed by atoms with E-state index in [2.05, 4.69) is 5.32 Å². The zero-order valence-corrected chi connectivity index (χ0v) is 10.5. The summed E-state index contributed by atoms with van der Waals surface area (Å²) < 4.78 is 5.06. The lowest BCUT2D eigenvalue weighted by molar-refractivity contribution is -0.154. The summed E-state index contributed by atoms with van der Waals surface area (Å²) in [5.74, 6) is -1.03. The Kier molecular flexibility index (Phi) is 4.34. The van der Waals surface area contributed by atoms with Gasteiger partial charge in [-0.25, -0.2) is 9.59 Å². The number of hydrogen-bond donors (Lipinski definition) is 2. The van der Waals surface area contributed by atoms with Gasteiger partial charge in [0.2, 0.25) is 0 Å². The van der Waals surface area contributed by atoms with Crippen LogP contribution in [0.4, 0.5) is 4.79 Å². The van der Waals surface area contributed by atoms with Crippen LogP contribution < -0.4 is 5.32 Å². The van der Waals surface area contributed by atoms with Gasteiger partial charge in [-0.3, -0.25) is 0 Å². The van der Waals surface area contributed by atoms with Gasteiger partial charge >= 0.3 is 12.0 Å². The Morgan fingerprint density at radius 1 is 1.53 bits per heavy atom. The standard InChI is InChI=1S/C11H20N2O4/c1-4-11(2,3)12-10(16)13-5-6-17-8(7-13)9(14)15/h8H,4-7H2,1-3H3,(H,12,16)(H,14,15). The largest absolute Gasteiger partial charge is 0.479 e. The molecule has 0 aromatic heterocycles. The molecule has 1 atom stereocenters. The summed E-state index contributed by atoms with van der Waals surface area (Å²) in [6.07, 6.45) is -0.106. The van der Waals surface area contributed by atoms with Gasteiger partial charge in [-0.2, -0.15) is 0 Å². The van der Waals surface area contributed by atoms with Crippen molar-refractivity contribution in [3.63, 3.8) is 0 Å². The van der Waals surface area contributed by atoms with Crippen LogP contribution in [0.15, 0.2) is 0 Å². The number of carboxylic acid groups (broad SMARTS) is 1. The van der Waals surface area contributed by atoms with Crippen LogP contribution in [0.5, 0.6) is 0 Å². The van der Waals surface area contributed by atoms with Crippen molar-refractivity contribution >= 4 is 12.0 Å².